The van der Waals surface area contributed by atoms with Crippen LogP contribution < -0.4 is 10.6 Å². The van der Waals surface area contributed by atoms with Gasteiger partial charge in [0, 0.05) is 40.2 Å². The lowest BCUT2D eigenvalue weighted by Crippen LogP contribution is -2.46. The molecular weight excluding hydrogens is 403 g/mol. The zero-order valence-corrected chi connectivity index (χ0v) is 17.6. The van der Waals surface area contributed by atoms with E-state index in [0.29, 0.717) is 12.3 Å². The highest BCUT2D eigenvalue weighted by Gasteiger charge is 2.22. The number of rotatable bonds is 7. The molecule has 0 aromatic carbocycles. The number of piperidine rings is 1. The Balaban J connectivity index is 0.00000484. The number of hydrogen-bond acceptors (Lipinski definition) is 2. The van der Waals surface area contributed by atoms with Gasteiger partial charge < -0.3 is 15.5 Å². The summed E-state index contributed by atoms with van der Waals surface area (Å²) >= 11 is 0. The van der Waals surface area contributed by atoms with Crippen LogP contribution in [-0.4, -0.2) is 50.5 Å². The van der Waals surface area contributed by atoms with Gasteiger partial charge in [-0.1, -0.05) is 26.7 Å². The SMILES string of the molecule is CN=C(NCCCCC(C)C)N1CCC(CC(=O)NC)CC1.I. The molecule has 1 amide bonds. The highest BCUT2D eigenvalue weighted by atomic mass is 127. The number of carbonyl (C=O) groups excluding carboxylic acids is 1. The molecule has 23 heavy (non-hydrogen) atoms. The molecule has 1 aliphatic heterocycles. The highest BCUT2D eigenvalue weighted by Crippen LogP contribution is 2.20. The molecule has 0 radical (unpaired) electrons. The number of nitrogens with one attached hydrogen (secondary N) is 2. The molecule has 0 saturated carbocycles. The molecule has 6 heteroatoms. The van der Waals surface area contributed by atoms with Crippen molar-refractivity contribution in [3.8, 4) is 0 Å². The summed E-state index contributed by atoms with van der Waals surface area (Å²) in [4.78, 5) is 18.2. The monoisotopic (exact) mass is 438 g/mol. The molecule has 2 N–H and O–H groups in total. The van der Waals surface area contributed by atoms with E-state index < -0.39 is 0 Å². The molecule has 0 atom stereocenters. The maximum atomic E-state index is 11.4. The number of carbonyl (C=O) groups is 1. The minimum atomic E-state index is 0. The predicted octanol–water partition coefficient (Wildman–Crippen LogP) is 2.85. The van der Waals surface area contributed by atoms with Crippen LogP contribution in [0.3, 0.4) is 0 Å². The Hall–Kier alpha value is -0.530. The summed E-state index contributed by atoms with van der Waals surface area (Å²) < 4.78 is 0. The lowest BCUT2D eigenvalue weighted by Gasteiger charge is -2.34. The van der Waals surface area contributed by atoms with Crippen LogP contribution in [0.15, 0.2) is 4.99 Å². The summed E-state index contributed by atoms with van der Waals surface area (Å²) in [5, 5.41) is 6.19. The minimum Gasteiger partial charge on any atom is -0.359 e. The summed E-state index contributed by atoms with van der Waals surface area (Å²) in [5.41, 5.74) is 0. The van der Waals surface area contributed by atoms with E-state index in [1.54, 1.807) is 7.05 Å². The third kappa shape index (κ3) is 9.37. The van der Waals surface area contributed by atoms with Crippen LogP contribution in [0.2, 0.25) is 0 Å². The normalized spacial score (nSPS) is 16.2. The first kappa shape index (κ1) is 22.5. The van der Waals surface area contributed by atoms with Crippen molar-refractivity contribution in [3.05, 3.63) is 0 Å². The van der Waals surface area contributed by atoms with Crippen molar-refractivity contribution >= 4 is 35.8 Å². The molecule has 0 spiro atoms. The first-order valence-electron chi connectivity index (χ1n) is 8.73. The van der Waals surface area contributed by atoms with Crippen LogP contribution in [0.4, 0.5) is 0 Å². The minimum absolute atomic E-state index is 0. The number of amides is 1. The van der Waals surface area contributed by atoms with E-state index in [4.69, 9.17) is 0 Å². The average Bonchev–Trinajstić information content (AvgIpc) is 2.51. The molecule has 0 aliphatic carbocycles. The lowest BCUT2D eigenvalue weighted by molar-refractivity contribution is -0.121. The molecule has 1 aliphatic rings. The fourth-order valence-electron chi connectivity index (χ4n) is 2.92. The zero-order chi connectivity index (χ0) is 16.4. The van der Waals surface area contributed by atoms with Crippen molar-refractivity contribution in [1.82, 2.24) is 15.5 Å². The molecule has 0 bridgehead atoms. The van der Waals surface area contributed by atoms with E-state index in [2.05, 4.69) is 34.4 Å². The van der Waals surface area contributed by atoms with E-state index in [1.165, 1.54) is 19.3 Å². The Kier molecular flexibility index (Phi) is 12.5. The Morgan fingerprint density at radius 1 is 1.26 bits per heavy atom. The smallest absolute Gasteiger partial charge is 0.220 e. The van der Waals surface area contributed by atoms with Crippen molar-refractivity contribution in [3.63, 3.8) is 0 Å². The molecule has 1 heterocycles. The number of aliphatic imine (C=N–C) groups is 1. The summed E-state index contributed by atoms with van der Waals surface area (Å²) in [6.07, 6.45) is 6.57. The van der Waals surface area contributed by atoms with Gasteiger partial charge in [0.05, 0.1) is 0 Å². The Bertz CT molecular complexity index is 353. The topological polar surface area (TPSA) is 56.7 Å². The van der Waals surface area contributed by atoms with E-state index in [1.807, 2.05) is 7.05 Å². The summed E-state index contributed by atoms with van der Waals surface area (Å²) in [5.74, 6) is 2.48. The van der Waals surface area contributed by atoms with Gasteiger partial charge in [-0.05, 0) is 31.1 Å². The number of hydrogen-bond donors (Lipinski definition) is 2. The third-order valence-electron chi connectivity index (χ3n) is 4.37. The first-order chi connectivity index (χ1) is 10.6. The number of guanidine groups is 1. The first-order valence-corrected chi connectivity index (χ1v) is 8.73. The Labute approximate surface area is 159 Å². The molecule has 136 valence electrons. The van der Waals surface area contributed by atoms with Gasteiger partial charge in [-0.25, -0.2) is 0 Å². The maximum Gasteiger partial charge on any atom is 0.220 e. The van der Waals surface area contributed by atoms with Crippen molar-refractivity contribution in [2.24, 2.45) is 16.8 Å². The van der Waals surface area contributed by atoms with E-state index >= 15 is 0 Å². The van der Waals surface area contributed by atoms with E-state index in [0.717, 1.165) is 44.4 Å². The van der Waals surface area contributed by atoms with Crippen molar-refractivity contribution < 1.29 is 4.79 Å². The number of nitrogens with zero attached hydrogens (tertiary/aromatic N) is 2. The Morgan fingerprint density at radius 2 is 1.91 bits per heavy atom. The standard InChI is InChI=1S/C17H34N4O.HI/c1-14(2)7-5-6-10-20-17(19-4)21-11-8-15(9-12-21)13-16(22)18-3;/h14-15H,5-13H2,1-4H3,(H,18,22)(H,19,20);1H. The van der Waals surface area contributed by atoms with Gasteiger partial charge in [-0.2, -0.15) is 0 Å². The Morgan fingerprint density at radius 3 is 2.43 bits per heavy atom. The lowest BCUT2D eigenvalue weighted by atomic mass is 9.93. The summed E-state index contributed by atoms with van der Waals surface area (Å²) in [6, 6.07) is 0. The van der Waals surface area contributed by atoms with Gasteiger partial charge in [0.1, 0.15) is 0 Å². The molecule has 1 fully saturated rings. The summed E-state index contributed by atoms with van der Waals surface area (Å²) in [7, 11) is 3.57. The van der Waals surface area contributed by atoms with E-state index in [9.17, 15) is 4.79 Å². The maximum absolute atomic E-state index is 11.4. The third-order valence-corrected chi connectivity index (χ3v) is 4.37. The van der Waals surface area contributed by atoms with Crippen LogP contribution >= 0.6 is 24.0 Å². The quantitative estimate of drug-likeness (QED) is 0.278. The highest BCUT2D eigenvalue weighted by molar-refractivity contribution is 14.0. The van der Waals surface area contributed by atoms with Gasteiger partial charge in [0.25, 0.3) is 0 Å². The molecule has 1 rings (SSSR count). The van der Waals surface area contributed by atoms with Crippen LogP contribution in [-0.2, 0) is 4.79 Å². The van der Waals surface area contributed by atoms with Crippen LogP contribution in [0, 0.1) is 11.8 Å². The van der Waals surface area contributed by atoms with Gasteiger partial charge >= 0.3 is 0 Å². The van der Waals surface area contributed by atoms with Crippen LogP contribution in [0.25, 0.3) is 0 Å². The molecule has 5 nitrogen and oxygen atoms in total. The van der Waals surface area contributed by atoms with Gasteiger partial charge in [-0.15, -0.1) is 24.0 Å². The molecule has 0 aromatic rings. The van der Waals surface area contributed by atoms with Crippen LogP contribution in [0.1, 0.15) is 52.4 Å². The molecule has 0 aromatic heterocycles. The second kappa shape index (κ2) is 12.8. The van der Waals surface area contributed by atoms with Gasteiger partial charge in [-0.3, -0.25) is 9.79 Å². The fourth-order valence-corrected chi connectivity index (χ4v) is 2.92. The molecule has 0 unspecified atom stereocenters. The fraction of sp³-hybridized carbons (Fsp3) is 0.882. The molecular formula is C17H35IN4O. The van der Waals surface area contributed by atoms with Crippen molar-refractivity contribution in [1.29, 1.82) is 0 Å². The number of unbranched alkanes of at least 4 members (excludes halogenated alkanes) is 1. The summed E-state index contributed by atoms with van der Waals surface area (Å²) in [6.45, 7) is 7.53. The predicted molar refractivity (Wildman–Crippen MR) is 108 cm³/mol. The number of halogens is 1. The second-order valence-electron chi connectivity index (χ2n) is 6.67. The largest absolute Gasteiger partial charge is 0.359 e. The van der Waals surface area contributed by atoms with Crippen molar-refractivity contribution in [2.45, 2.75) is 52.4 Å². The van der Waals surface area contributed by atoms with Gasteiger partial charge in [0.15, 0.2) is 5.96 Å². The number of likely N-dealkylation sites (tertiary alicyclic amines) is 1. The average molecular weight is 438 g/mol. The second-order valence-corrected chi connectivity index (χ2v) is 6.67. The molecule has 1 saturated heterocycles. The van der Waals surface area contributed by atoms with Crippen LogP contribution in [0.5, 0.6) is 0 Å². The van der Waals surface area contributed by atoms with E-state index in [-0.39, 0.29) is 29.9 Å². The van der Waals surface area contributed by atoms with Crippen molar-refractivity contribution in [2.75, 3.05) is 33.7 Å². The van der Waals surface area contributed by atoms with Gasteiger partial charge in [0.2, 0.25) is 5.91 Å². The zero-order valence-electron chi connectivity index (χ0n) is 15.2.